The lowest BCUT2D eigenvalue weighted by atomic mass is 10.1. The molecular formula is C28H29Cl2N7O. The highest BCUT2D eigenvalue weighted by Crippen LogP contribution is 2.35. The number of carbonyl (C=O) groups is 1. The summed E-state index contributed by atoms with van der Waals surface area (Å²) in [6.45, 7) is 5.26. The Morgan fingerprint density at radius 2 is 1.58 bits per heavy atom. The van der Waals surface area contributed by atoms with Crippen molar-refractivity contribution in [2.45, 2.75) is 19.3 Å². The predicted octanol–water partition coefficient (Wildman–Crippen LogP) is 4.92. The summed E-state index contributed by atoms with van der Waals surface area (Å²) >= 11 is 12.8. The zero-order valence-corrected chi connectivity index (χ0v) is 22.6. The smallest absolute Gasteiger partial charge is 0.236 e. The van der Waals surface area contributed by atoms with Crippen LogP contribution in [0.25, 0.3) is 28.2 Å². The third-order valence-corrected chi connectivity index (χ3v) is 7.95. The lowest BCUT2D eigenvalue weighted by Crippen LogP contribution is -2.52. The monoisotopic (exact) mass is 549 g/mol. The molecule has 2 aromatic heterocycles. The first-order chi connectivity index (χ1) is 18.6. The van der Waals surface area contributed by atoms with E-state index in [4.69, 9.17) is 28.2 Å². The van der Waals surface area contributed by atoms with Gasteiger partial charge in [0.1, 0.15) is 12.2 Å². The second-order valence-electron chi connectivity index (χ2n) is 9.80. The number of aromatic nitrogens is 4. The number of rotatable bonds is 5. The van der Waals surface area contributed by atoms with Gasteiger partial charge < -0.3 is 9.80 Å². The molecule has 10 heteroatoms. The molecule has 0 radical (unpaired) electrons. The van der Waals surface area contributed by atoms with E-state index in [1.54, 1.807) is 6.33 Å². The molecule has 2 aromatic carbocycles. The number of imidazole rings is 1. The Bertz CT molecular complexity index is 1440. The van der Waals surface area contributed by atoms with E-state index in [1.807, 2.05) is 58.0 Å². The molecule has 8 nitrogen and oxygen atoms in total. The van der Waals surface area contributed by atoms with Crippen LogP contribution < -0.4 is 4.90 Å². The van der Waals surface area contributed by atoms with E-state index in [0.717, 1.165) is 30.2 Å². The summed E-state index contributed by atoms with van der Waals surface area (Å²) < 4.78 is 2.00. The maximum Gasteiger partial charge on any atom is 0.236 e. The van der Waals surface area contributed by atoms with Crippen molar-refractivity contribution in [3.63, 3.8) is 0 Å². The van der Waals surface area contributed by atoms with E-state index in [9.17, 15) is 4.79 Å². The molecule has 1 amide bonds. The Kier molecular flexibility index (Phi) is 7.19. The van der Waals surface area contributed by atoms with Crippen molar-refractivity contribution in [3.05, 3.63) is 64.9 Å². The molecular weight excluding hydrogens is 521 g/mol. The van der Waals surface area contributed by atoms with Crippen molar-refractivity contribution in [2.75, 3.05) is 50.7 Å². The minimum Gasteiger partial charge on any atom is -0.351 e. The second-order valence-corrected chi connectivity index (χ2v) is 10.6. The molecule has 2 fully saturated rings. The molecule has 0 aliphatic carbocycles. The summed E-state index contributed by atoms with van der Waals surface area (Å²) in [5, 5.41) is 1.26. The normalized spacial score (nSPS) is 16.8. The van der Waals surface area contributed by atoms with E-state index in [-0.39, 0.29) is 5.91 Å². The topological polar surface area (TPSA) is 70.4 Å². The summed E-state index contributed by atoms with van der Waals surface area (Å²) in [7, 11) is 0. The molecule has 2 saturated heterocycles. The van der Waals surface area contributed by atoms with Crippen LogP contribution in [0.5, 0.6) is 0 Å². The van der Waals surface area contributed by atoms with Crippen molar-refractivity contribution >= 4 is 46.1 Å². The Labute approximate surface area is 231 Å². The first-order valence-electron chi connectivity index (χ1n) is 13.1. The van der Waals surface area contributed by atoms with Gasteiger partial charge in [-0.15, -0.1) is 0 Å². The standard InChI is InChI=1S/C28H29Cl2N7O/c29-20-8-10-21(11-9-20)37-26(22-6-2-3-7-23(22)30)33-25-27(31-19-32-28(25)37)36-16-14-35(15-17-36)24(38)18-34-12-4-1-5-13-34/h2-3,6-11,19H,1,4-5,12-18H2. The lowest BCUT2D eigenvalue weighted by Gasteiger charge is -2.36. The van der Waals surface area contributed by atoms with Gasteiger partial charge in [-0.1, -0.05) is 41.8 Å². The number of amides is 1. The highest BCUT2D eigenvalue weighted by atomic mass is 35.5. The maximum atomic E-state index is 12.9. The third-order valence-electron chi connectivity index (χ3n) is 7.36. The molecule has 0 N–H and O–H groups in total. The van der Waals surface area contributed by atoms with E-state index < -0.39 is 0 Å². The van der Waals surface area contributed by atoms with Crippen molar-refractivity contribution < 1.29 is 4.79 Å². The SMILES string of the molecule is O=C(CN1CCCCC1)N1CCN(c2ncnc3c2nc(-c2ccccc2Cl)n3-c2ccc(Cl)cc2)CC1. The van der Waals surface area contributed by atoms with E-state index in [0.29, 0.717) is 59.8 Å². The molecule has 0 atom stereocenters. The molecule has 4 heterocycles. The van der Waals surface area contributed by atoms with Crippen LogP contribution in [0.15, 0.2) is 54.9 Å². The molecule has 0 spiro atoms. The molecule has 196 valence electrons. The number of likely N-dealkylation sites (tertiary alicyclic amines) is 1. The van der Waals surface area contributed by atoms with Crippen LogP contribution in [0.1, 0.15) is 19.3 Å². The van der Waals surface area contributed by atoms with Crippen molar-refractivity contribution in [3.8, 4) is 17.1 Å². The van der Waals surface area contributed by atoms with Crippen LogP contribution in [0.4, 0.5) is 5.82 Å². The van der Waals surface area contributed by atoms with Crippen molar-refractivity contribution in [1.82, 2.24) is 29.3 Å². The van der Waals surface area contributed by atoms with Crippen LogP contribution in [0.2, 0.25) is 10.0 Å². The zero-order valence-electron chi connectivity index (χ0n) is 21.1. The number of halogens is 2. The highest BCUT2D eigenvalue weighted by Gasteiger charge is 2.27. The molecule has 38 heavy (non-hydrogen) atoms. The van der Waals surface area contributed by atoms with E-state index in [1.165, 1.54) is 19.3 Å². The molecule has 2 aliphatic rings. The fourth-order valence-corrected chi connectivity index (χ4v) is 5.69. The summed E-state index contributed by atoms with van der Waals surface area (Å²) in [6, 6.07) is 15.2. The summed E-state index contributed by atoms with van der Waals surface area (Å²) in [4.78, 5) is 33.7. The molecule has 2 aliphatic heterocycles. The minimum atomic E-state index is 0.215. The average Bonchev–Trinajstić information content (AvgIpc) is 3.34. The van der Waals surface area contributed by atoms with Crippen molar-refractivity contribution in [1.29, 1.82) is 0 Å². The predicted molar refractivity (Wildman–Crippen MR) is 151 cm³/mol. The van der Waals surface area contributed by atoms with Gasteiger partial charge >= 0.3 is 0 Å². The largest absolute Gasteiger partial charge is 0.351 e. The average molecular weight is 550 g/mol. The molecule has 6 rings (SSSR count). The number of benzene rings is 2. The number of carbonyl (C=O) groups excluding carboxylic acids is 1. The molecule has 0 bridgehead atoms. The number of hydrogen-bond donors (Lipinski definition) is 0. The number of anilines is 1. The van der Waals surface area contributed by atoms with Gasteiger partial charge in [-0.2, -0.15) is 0 Å². The molecule has 0 unspecified atom stereocenters. The van der Waals surface area contributed by atoms with Crippen LogP contribution in [0.3, 0.4) is 0 Å². The van der Waals surface area contributed by atoms with Gasteiger partial charge in [0, 0.05) is 42.5 Å². The van der Waals surface area contributed by atoms with Gasteiger partial charge in [-0.25, -0.2) is 15.0 Å². The number of piperidine rings is 1. The first-order valence-corrected chi connectivity index (χ1v) is 13.8. The van der Waals surface area contributed by atoms with E-state index >= 15 is 0 Å². The van der Waals surface area contributed by atoms with Crippen LogP contribution in [0, 0.1) is 0 Å². The van der Waals surface area contributed by atoms with Crippen molar-refractivity contribution in [2.24, 2.45) is 0 Å². The maximum absolute atomic E-state index is 12.9. The number of hydrogen-bond acceptors (Lipinski definition) is 6. The minimum absolute atomic E-state index is 0.215. The Balaban J connectivity index is 1.31. The summed E-state index contributed by atoms with van der Waals surface area (Å²) in [6.07, 6.45) is 5.21. The highest BCUT2D eigenvalue weighted by molar-refractivity contribution is 6.33. The summed E-state index contributed by atoms with van der Waals surface area (Å²) in [5.74, 6) is 1.66. The van der Waals surface area contributed by atoms with Gasteiger partial charge in [-0.3, -0.25) is 14.3 Å². The summed E-state index contributed by atoms with van der Waals surface area (Å²) in [5.41, 5.74) is 3.08. The lowest BCUT2D eigenvalue weighted by molar-refractivity contribution is -0.132. The molecule has 4 aromatic rings. The number of piperazine rings is 1. The van der Waals surface area contributed by atoms with Crippen LogP contribution >= 0.6 is 23.2 Å². The third kappa shape index (κ3) is 4.96. The van der Waals surface area contributed by atoms with Gasteiger partial charge in [0.15, 0.2) is 17.0 Å². The second kappa shape index (κ2) is 10.9. The Morgan fingerprint density at radius 1 is 0.842 bits per heavy atom. The van der Waals surface area contributed by atoms with Gasteiger partial charge in [0.25, 0.3) is 0 Å². The Hall–Kier alpha value is -3.20. The van der Waals surface area contributed by atoms with Gasteiger partial charge in [0.05, 0.1) is 11.6 Å². The van der Waals surface area contributed by atoms with Crippen LogP contribution in [-0.4, -0.2) is 81.0 Å². The zero-order chi connectivity index (χ0) is 26.1. The fourth-order valence-electron chi connectivity index (χ4n) is 5.35. The Morgan fingerprint density at radius 3 is 2.32 bits per heavy atom. The number of fused-ring (bicyclic) bond motifs is 1. The van der Waals surface area contributed by atoms with E-state index in [2.05, 4.69) is 19.8 Å². The number of nitrogens with zero attached hydrogens (tertiary/aromatic N) is 7. The molecule has 0 saturated carbocycles. The fraction of sp³-hybridized carbons (Fsp3) is 0.357. The quantitative estimate of drug-likeness (QED) is 0.351. The van der Waals surface area contributed by atoms with Crippen LogP contribution in [-0.2, 0) is 4.79 Å². The van der Waals surface area contributed by atoms with Gasteiger partial charge in [-0.05, 0) is 62.3 Å². The van der Waals surface area contributed by atoms with Gasteiger partial charge in [0.2, 0.25) is 5.91 Å². The first kappa shape index (κ1) is 25.1.